The summed E-state index contributed by atoms with van der Waals surface area (Å²) >= 11 is 6.30. The zero-order valence-corrected chi connectivity index (χ0v) is 23.9. The van der Waals surface area contributed by atoms with Crippen molar-refractivity contribution in [1.82, 2.24) is 24.3 Å². The molecule has 39 heavy (non-hydrogen) atoms. The largest absolute Gasteiger partial charge is 0.495 e. The third-order valence-corrected chi connectivity index (χ3v) is 7.69. The van der Waals surface area contributed by atoms with Crippen molar-refractivity contribution in [1.29, 1.82) is 0 Å². The number of carbonyl (C=O) groups is 1. The Hall–Kier alpha value is -3.48. The first-order valence-electron chi connectivity index (χ1n) is 13.2. The second-order valence-corrected chi connectivity index (χ2v) is 11.6. The average molecular weight is 551 g/mol. The van der Waals surface area contributed by atoms with E-state index < -0.39 is 5.60 Å². The number of nitrogen functional groups attached to an aromatic ring is 1. The van der Waals surface area contributed by atoms with Crippen molar-refractivity contribution < 1.29 is 14.3 Å². The molecule has 0 radical (unpaired) electrons. The lowest BCUT2D eigenvalue weighted by atomic mass is 9.93. The molecule has 0 aliphatic carbocycles. The van der Waals surface area contributed by atoms with Crippen molar-refractivity contribution in [3.8, 4) is 28.7 Å². The van der Waals surface area contributed by atoms with E-state index in [9.17, 15) is 4.79 Å². The molecule has 9 nitrogen and oxygen atoms in total. The SMILES string of the molecule is COc1cc(-c2c(C#CC3CN(C4CCN(C(=O)OC(C)(C)C)CC4)C3)n(C)c3ncnc(N)c23)ccc1Cl. The van der Waals surface area contributed by atoms with E-state index >= 15 is 0 Å². The summed E-state index contributed by atoms with van der Waals surface area (Å²) in [6.45, 7) is 8.97. The third-order valence-electron chi connectivity index (χ3n) is 7.37. The number of carbonyl (C=O) groups excluding carboxylic acids is 1. The number of amides is 1. The lowest BCUT2D eigenvalue weighted by Crippen LogP contribution is -2.55. The fourth-order valence-electron chi connectivity index (χ4n) is 5.33. The van der Waals surface area contributed by atoms with Gasteiger partial charge >= 0.3 is 6.09 Å². The lowest BCUT2D eigenvalue weighted by Gasteiger charge is -2.45. The first-order chi connectivity index (χ1) is 18.6. The summed E-state index contributed by atoms with van der Waals surface area (Å²) in [5, 5.41) is 1.30. The van der Waals surface area contributed by atoms with Gasteiger partial charge in [0.05, 0.1) is 17.5 Å². The lowest BCUT2D eigenvalue weighted by molar-refractivity contribution is 0.00411. The minimum atomic E-state index is -0.473. The molecule has 1 amide bonds. The highest BCUT2D eigenvalue weighted by Gasteiger charge is 2.35. The van der Waals surface area contributed by atoms with Gasteiger partial charge in [-0.15, -0.1) is 0 Å². The monoisotopic (exact) mass is 550 g/mol. The molecule has 206 valence electrons. The molecule has 2 N–H and O–H groups in total. The second-order valence-electron chi connectivity index (χ2n) is 11.2. The van der Waals surface area contributed by atoms with Crippen molar-refractivity contribution in [3.05, 3.63) is 35.2 Å². The minimum absolute atomic E-state index is 0.220. The number of benzene rings is 1. The van der Waals surface area contributed by atoms with Crippen LogP contribution >= 0.6 is 11.6 Å². The highest BCUT2D eigenvalue weighted by Crippen LogP contribution is 2.39. The Kier molecular flexibility index (Phi) is 7.36. The summed E-state index contributed by atoms with van der Waals surface area (Å²) in [4.78, 5) is 25.4. The van der Waals surface area contributed by atoms with Gasteiger partial charge in [0.25, 0.3) is 0 Å². The standard InChI is InChI=1S/C29H35ClN6O3/c1-29(2,3)39-28(37)35-12-10-20(11-13-35)36-15-18(16-36)6-9-22-24(19-7-8-21(30)23(14-19)38-5)25-26(31)32-17-33-27(25)34(22)4/h7-8,14,17-18,20H,10-13,15-16H2,1-5H3,(H2,31,32,33). The Bertz CT molecular complexity index is 1450. The molecule has 10 heteroatoms. The first-order valence-corrected chi connectivity index (χ1v) is 13.6. The van der Waals surface area contributed by atoms with Gasteiger partial charge in [0.15, 0.2) is 0 Å². The van der Waals surface area contributed by atoms with Gasteiger partial charge in [0, 0.05) is 50.7 Å². The van der Waals surface area contributed by atoms with E-state index in [4.69, 9.17) is 26.8 Å². The number of piperidine rings is 1. The number of rotatable bonds is 3. The second kappa shape index (κ2) is 10.6. The Morgan fingerprint density at radius 3 is 2.56 bits per heavy atom. The van der Waals surface area contributed by atoms with Crippen LogP contribution in [-0.4, -0.2) is 75.4 Å². The maximum absolute atomic E-state index is 12.4. The zero-order valence-electron chi connectivity index (χ0n) is 23.1. The molecular formula is C29H35ClN6O3. The molecule has 2 saturated heterocycles. The van der Waals surface area contributed by atoms with Crippen LogP contribution < -0.4 is 10.5 Å². The van der Waals surface area contributed by atoms with Crippen molar-refractivity contribution >= 4 is 34.5 Å². The van der Waals surface area contributed by atoms with Crippen molar-refractivity contribution in [2.75, 3.05) is 39.0 Å². The molecule has 2 aliphatic rings. The van der Waals surface area contributed by atoms with Crippen LogP contribution in [0.4, 0.5) is 10.6 Å². The molecule has 2 fully saturated rings. The zero-order chi connectivity index (χ0) is 27.9. The van der Waals surface area contributed by atoms with Crippen LogP contribution in [0.5, 0.6) is 5.75 Å². The Morgan fingerprint density at radius 2 is 1.90 bits per heavy atom. The fraction of sp³-hybridized carbons (Fsp3) is 0.483. The van der Waals surface area contributed by atoms with E-state index in [-0.39, 0.29) is 12.0 Å². The summed E-state index contributed by atoms with van der Waals surface area (Å²) in [6.07, 6.45) is 3.15. The number of nitrogens with two attached hydrogens (primary N) is 1. The highest BCUT2D eigenvalue weighted by molar-refractivity contribution is 6.32. The molecule has 1 aromatic carbocycles. The molecule has 0 unspecified atom stereocenters. The van der Waals surface area contributed by atoms with Gasteiger partial charge in [-0.1, -0.05) is 23.6 Å². The Balaban J connectivity index is 1.31. The van der Waals surface area contributed by atoms with E-state index in [1.807, 2.05) is 55.5 Å². The number of fused-ring (bicyclic) bond motifs is 1. The van der Waals surface area contributed by atoms with Gasteiger partial charge in [-0.3, -0.25) is 4.90 Å². The van der Waals surface area contributed by atoms with Crippen LogP contribution in [0.2, 0.25) is 5.02 Å². The van der Waals surface area contributed by atoms with Crippen molar-refractivity contribution in [2.45, 2.75) is 45.3 Å². The predicted octanol–water partition coefficient (Wildman–Crippen LogP) is 4.56. The first kappa shape index (κ1) is 27.1. The summed E-state index contributed by atoms with van der Waals surface area (Å²) < 4.78 is 13.0. The summed E-state index contributed by atoms with van der Waals surface area (Å²) in [5.41, 5.74) is 9.16. The van der Waals surface area contributed by atoms with Crippen LogP contribution in [0.3, 0.4) is 0 Å². The fourth-order valence-corrected chi connectivity index (χ4v) is 5.53. The maximum atomic E-state index is 12.4. The number of halogens is 1. The van der Waals surface area contributed by atoms with E-state index in [2.05, 4.69) is 26.7 Å². The van der Waals surface area contributed by atoms with Crippen molar-refractivity contribution in [3.63, 3.8) is 0 Å². The van der Waals surface area contributed by atoms with Gasteiger partial charge < -0.3 is 24.7 Å². The number of methoxy groups -OCH3 is 1. The van der Waals surface area contributed by atoms with Crippen LogP contribution in [0, 0.1) is 17.8 Å². The number of ether oxygens (including phenoxy) is 2. The third kappa shape index (κ3) is 5.49. The molecule has 0 saturated carbocycles. The molecule has 0 atom stereocenters. The van der Waals surface area contributed by atoms with Gasteiger partial charge in [-0.2, -0.15) is 0 Å². The number of nitrogens with zero attached hydrogens (tertiary/aromatic N) is 5. The highest BCUT2D eigenvalue weighted by atomic mass is 35.5. The average Bonchev–Trinajstić information content (AvgIpc) is 3.15. The smallest absolute Gasteiger partial charge is 0.410 e. The van der Waals surface area contributed by atoms with Crippen LogP contribution in [0.15, 0.2) is 24.5 Å². The number of anilines is 1. The molecule has 4 heterocycles. The van der Waals surface area contributed by atoms with Crippen molar-refractivity contribution in [2.24, 2.45) is 13.0 Å². The van der Waals surface area contributed by atoms with E-state index in [0.29, 0.717) is 22.6 Å². The van der Waals surface area contributed by atoms with Gasteiger partial charge in [0.2, 0.25) is 0 Å². The quantitative estimate of drug-likeness (QED) is 0.477. The predicted molar refractivity (Wildman–Crippen MR) is 153 cm³/mol. The number of hydrogen-bond acceptors (Lipinski definition) is 7. The Labute approximate surface area is 234 Å². The molecule has 2 aliphatic heterocycles. The van der Waals surface area contributed by atoms with Crippen LogP contribution in [0.25, 0.3) is 22.2 Å². The molecule has 2 aromatic heterocycles. The summed E-state index contributed by atoms with van der Waals surface area (Å²) in [5.74, 6) is 8.17. The Morgan fingerprint density at radius 1 is 1.18 bits per heavy atom. The van der Waals surface area contributed by atoms with Gasteiger partial charge in [-0.25, -0.2) is 14.8 Å². The molecular weight excluding hydrogens is 516 g/mol. The van der Waals surface area contributed by atoms with Crippen LogP contribution in [-0.2, 0) is 11.8 Å². The van der Waals surface area contributed by atoms with E-state index in [1.54, 1.807) is 7.11 Å². The molecule has 0 bridgehead atoms. The number of hydrogen-bond donors (Lipinski definition) is 1. The number of aryl methyl sites for hydroxylation is 1. The molecule has 5 rings (SSSR count). The normalized spacial score (nSPS) is 17.0. The maximum Gasteiger partial charge on any atom is 0.410 e. The topological polar surface area (TPSA) is 98.7 Å². The number of aromatic nitrogens is 3. The van der Waals surface area contributed by atoms with Gasteiger partial charge in [-0.05, 0) is 57.2 Å². The number of likely N-dealkylation sites (tertiary alicyclic amines) is 2. The summed E-state index contributed by atoms with van der Waals surface area (Å²) in [7, 11) is 3.54. The molecule has 3 aromatic rings. The minimum Gasteiger partial charge on any atom is -0.495 e. The molecule has 0 spiro atoms. The summed E-state index contributed by atoms with van der Waals surface area (Å²) in [6, 6.07) is 6.10. The van der Waals surface area contributed by atoms with E-state index in [0.717, 1.165) is 66.9 Å². The van der Waals surface area contributed by atoms with Gasteiger partial charge in [0.1, 0.15) is 34.8 Å². The van der Waals surface area contributed by atoms with Crippen LogP contribution in [0.1, 0.15) is 39.3 Å². The van der Waals surface area contributed by atoms with E-state index in [1.165, 1.54) is 6.33 Å².